The van der Waals surface area contributed by atoms with Crippen molar-refractivity contribution in [2.24, 2.45) is 0 Å². The Bertz CT molecular complexity index is 695. The summed E-state index contributed by atoms with van der Waals surface area (Å²) in [6.07, 6.45) is -0.476. The first-order valence-electron chi connectivity index (χ1n) is 7.12. The van der Waals surface area contributed by atoms with Crippen molar-refractivity contribution < 1.29 is 27.9 Å². The first-order valence-corrected chi connectivity index (χ1v) is 8.56. The van der Waals surface area contributed by atoms with Gasteiger partial charge >= 0.3 is 12.1 Å². The van der Waals surface area contributed by atoms with Crippen molar-refractivity contribution in [1.29, 1.82) is 0 Å². The number of aromatic carboxylic acids is 1. The third-order valence-electron chi connectivity index (χ3n) is 3.50. The van der Waals surface area contributed by atoms with Gasteiger partial charge in [-0.25, -0.2) is 18.0 Å². The lowest BCUT2D eigenvalue weighted by atomic mass is 10.2. The summed E-state index contributed by atoms with van der Waals surface area (Å²) in [6.45, 7) is 2.54. The molecule has 23 heavy (non-hydrogen) atoms. The summed E-state index contributed by atoms with van der Waals surface area (Å²) in [7, 11) is -3.93. The molecule has 0 radical (unpaired) electrons. The van der Waals surface area contributed by atoms with Crippen molar-refractivity contribution >= 4 is 22.1 Å². The van der Waals surface area contributed by atoms with Gasteiger partial charge < -0.3 is 14.7 Å². The average Bonchev–Trinajstić information content (AvgIpc) is 2.55. The van der Waals surface area contributed by atoms with E-state index in [4.69, 9.17) is 9.84 Å². The lowest BCUT2D eigenvalue weighted by Gasteiger charge is -2.33. The van der Waals surface area contributed by atoms with Crippen LogP contribution in [0.4, 0.5) is 4.79 Å². The number of carboxylic acids is 1. The maximum atomic E-state index is 12.6. The molecule has 0 unspecified atom stereocenters. The number of amides is 1. The smallest absolute Gasteiger partial charge is 0.409 e. The number of hydrogen-bond donors (Lipinski definition) is 1. The molecule has 0 saturated carbocycles. The number of ether oxygens (including phenoxy) is 1. The van der Waals surface area contributed by atoms with Gasteiger partial charge in [-0.1, -0.05) is 12.1 Å². The summed E-state index contributed by atoms with van der Waals surface area (Å²) >= 11 is 0. The van der Waals surface area contributed by atoms with Crippen molar-refractivity contribution in [3.8, 4) is 0 Å². The van der Waals surface area contributed by atoms with E-state index in [9.17, 15) is 18.0 Å². The number of hydrogen-bond acceptors (Lipinski definition) is 5. The molecule has 0 aliphatic carbocycles. The van der Waals surface area contributed by atoms with E-state index in [-0.39, 0.29) is 43.2 Å². The minimum absolute atomic E-state index is 0.0924. The topological polar surface area (TPSA) is 104 Å². The summed E-state index contributed by atoms with van der Waals surface area (Å²) in [4.78, 5) is 24.0. The summed E-state index contributed by atoms with van der Waals surface area (Å²) in [6, 6.07) is 5.48. The van der Waals surface area contributed by atoms with Crippen LogP contribution in [0.2, 0.25) is 0 Å². The molecule has 0 bridgehead atoms. The molecule has 1 aliphatic rings. The number of sulfonamides is 1. The van der Waals surface area contributed by atoms with E-state index in [0.717, 1.165) is 0 Å². The fourth-order valence-corrected chi connectivity index (χ4v) is 3.94. The van der Waals surface area contributed by atoms with Gasteiger partial charge in [-0.05, 0) is 19.1 Å². The second-order valence-electron chi connectivity index (χ2n) is 4.89. The Balaban J connectivity index is 2.17. The molecule has 0 spiro atoms. The van der Waals surface area contributed by atoms with Crippen molar-refractivity contribution in [2.75, 3.05) is 32.8 Å². The molecule has 1 aliphatic heterocycles. The molecule has 126 valence electrons. The molecule has 1 aromatic carbocycles. The third kappa shape index (κ3) is 3.62. The molecular formula is C14H18N2O6S. The molecule has 2 rings (SSSR count). The van der Waals surface area contributed by atoms with Crippen LogP contribution in [0.1, 0.15) is 17.3 Å². The Morgan fingerprint density at radius 2 is 1.78 bits per heavy atom. The van der Waals surface area contributed by atoms with Crippen LogP contribution in [-0.4, -0.2) is 67.6 Å². The first kappa shape index (κ1) is 17.2. The van der Waals surface area contributed by atoms with Gasteiger partial charge in [-0.15, -0.1) is 0 Å². The maximum Gasteiger partial charge on any atom is 0.409 e. The van der Waals surface area contributed by atoms with Gasteiger partial charge in [0.15, 0.2) is 0 Å². The Morgan fingerprint density at radius 1 is 1.17 bits per heavy atom. The van der Waals surface area contributed by atoms with E-state index in [2.05, 4.69) is 0 Å². The predicted molar refractivity (Wildman–Crippen MR) is 80.8 cm³/mol. The molecular weight excluding hydrogens is 324 g/mol. The Labute approximate surface area is 134 Å². The van der Waals surface area contributed by atoms with Gasteiger partial charge in [0.05, 0.1) is 17.1 Å². The Morgan fingerprint density at radius 3 is 2.35 bits per heavy atom. The summed E-state index contributed by atoms with van der Waals surface area (Å²) in [5.41, 5.74) is -0.264. The maximum absolute atomic E-state index is 12.6. The Hall–Kier alpha value is -2.13. The zero-order chi connectivity index (χ0) is 17.0. The van der Waals surface area contributed by atoms with Gasteiger partial charge in [0.1, 0.15) is 0 Å². The number of piperazine rings is 1. The van der Waals surface area contributed by atoms with Gasteiger partial charge in [-0.2, -0.15) is 4.31 Å². The number of rotatable bonds is 4. The fourth-order valence-electron chi connectivity index (χ4n) is 2.33. The van der Waals surface area contributed by atoms with Crippen molar-refractivity contribution in [3.05, 3.63) is 29.8 Å². The lowest BCUT2D eigenvalue weighted by Crippen LogP contribution is -2.50. The normalized spacial score (nSPS) is 16.1. The molecule has 9 heteroatoms. The van der Waals surface area contributed by atoms with Crippen LogP contribution in [0, 0.1) is 0 Å². The second kappa shape index (κ2) is 6.97. The first-order chi connectivity index (χ1) is 10.9. The number of carboxylic acid groups (broad SMARTS) is 1. The monoisotopic (exact) mass is 342 g/mol. The van der Waals surface area contributed by atoms with Gasteiger partial charge in [0.2, 0.25) is 10.0 Å². The minimum Gasteiger partial charge on any atom is -0.478 e. The molecule has 1 saturated heterocycles. The predicted octanol–water partition coefficient (Wildman–Crippen LogP) is 0.848. The van der Waals surface area contributed by atoms with Crippen LogP contribution >= 0.6 is 0 Å². The van der Waals surface area contributed by atoms with Crippen molar-refractivity contribution in [2.45, 2.75) is 11.8 Å². The lowest BCUT2D eigenvalue weighted by molar-refractivity contribution is 0.0692. The van der Waals surface area contributed by atoms with E-state index >= 15 is 0 Å². The SMILES string of the molecule is CCOC(=O)N1CCN(S(=O)(=O)c2ccccc2C(=O)O)CC1. The highest BCUT2D eigenvalue weighted by atomic mass is 32.2. The average molecular weight is 342 g/mol. The highest BCUT2D eigenvalue weighted by molar-refractivity contribution is 7.89. The number of nitrogens with zero attached hydrogens (tertiary/aromatic N) is 2. The standard InChI is InChI=1S/C14H18N2O6S/c1-2-22-14(19)15-7-9-16(10-8-15)23(20,21)12-6-4-3-5-11(12)13(17)18/h3-6H,2,7-10H2,1H3,(H,17,18). The summed E-state index contributed by atoms with van der Waals surface area (Å²) in [5, 5.41) is 9.15. The highest BCUT2D eigenvalue weighted by Gasteiger charge is 2.32. The van der Waals surface area contributed by atoms with Crippen LogP contribution in [0.15, 0.2) is 29.2 Å². The molecule has 0 atom stereocenters. The van der Waals surface area contributed by atoms with Crippen LogP contribution in [-0.2, 0) is 14.8 Å². The summed E-state index contributed by atoms with van der Waals surface area (Å²) < 4.78 is 31.3. The molecule has 1 aromatic rings. The van der Waals surface area contributed by atoms with Crippen LogP contribution < -0.4 is 0 Å². The van der Waals surface area contributed by atoms with E-state index in [0.29, 0.717) is 0 Å². The zero-order valence-electron chi connectivity index (χ0n) is 12.6. The number of carbonyl (C=O) groups excluding carboxylic acids is 1. The van der Waals surface area contributed by atoms with Crippen LogP contribution in [0.5, 0.6) is 0 Å². The van der Waals surface area contributed by atoms with Gasteiger partial charge in [0, 0.05) is 26.2 Å². The molecule has 0 aromatic heterocycles. The third-order valence-corrected chi connectivity index (χ3v) is 5.46. The van der Waals surface area contributed by atoms with E-state index < -0.39 is 22.1 Å². The van der Waals surface area contributed by atoms with Gasteiger partial charge in [-0.3, -0.25) is 0 Å². The minimum atomic E-state index is -3.93. The van der Waals surface area contributed by atoms with E-state index in [1.165, 1.54) is 33.5 Å². The molecule has 1 heterocycles. The molecule has 1 fully saturated rings. The highest BCUT2D eigenvalue weighted by Crippen LogP contribution is 2.21. The largest absolute Gasteiger partial charge is 0.478 e. The van der Waals surface area contributed by atoms with E-state index in [1.807, 2.05) is 0 Å². The van der Waals surface area contributed by atoms with Crippen molar-refractivity contribution in [3.63, 3.8) is 0 Å². The number of benzene rings is 1. The Kier molecular flexibility index (Phi) is 5.22. The number of carbonyl (C=O) groups is 2. The molecule has 1 N–H and O–H groups in total. The quantitative estimate of drug-likeness (QED) is 0.870. The zero-order valence-corrected chi connectivity index (χ0v) is 13.5. The second-order valence-corrected chi connectivity index (χ2v) is 6.80. The summed E-state index contributed by atoms with van der Waals surface area (Å²) in [5.74, 6) is -1.30. The molecule has 8 nitrogen and oxygen atoms in total. The molecule has 1 amide bonds. The van der Waals surface area contributed by atoms with Gasteiger partial charge in [0.25, 0.3) is 0 Å². The fraction of sp³-hybridized carbons (Fsp3) is 0.429. The van der Waals surface area contributed by atoms with Crippen LogP contribution in [0.25, 0.3) is 0 Å². The van der Waals surface area contributed by atoms with Crippen molar-refractivity contribution in [1.82, 2.24) is 9.21 Å². The van der Waals surface area contributed by atoms with E-state index in [1.54, 1.807) is 6.92 Å². The van der Waals surface area contributed by atoms with Crippen LogP contribution in [0.3, 0.4) is 0 Å².